The lowest BCUT2D eigenvalue weighted by molar-refractivity contribution is -0.114. The number of anilines is 4. The Morgan fingerprint density at radius 3 is 2.54 bits per heavy atom. The van der Waals surface area contributed by atoms with Gasteiger partial charge in [-0.1, -0.05) is 36.4 Å². The zero-order valence-electron chi connectivity index (χ0n) is 16.2. The molecule has 6 heteroatoms. The predicted molar refractivity (Wildman–Crippen MR) is 114 cm³/mol. The smallest absolute Gasteiger partial charge is 0.229 e. The Balaban J connectivity index is 1.59. The highest BCUT2D eigenvalue weighted by molar-refractivity contribution is 5.89. The Bertz CT molecular complexity index is 927. The van der Waals surface area contributed by atoms with Crippen molar-refractivity contribution < 1.29 is 4.79 Å². The summed E-state index contributed by atoms with van der Waals surface area (Å²) in [5.41, 5.74) is 3.75. The number of carbonyl (C=O) groups is 1. The zero-order valence-corrected chi connectivity index (χ0v) is 16.2. The number of hydrogen-bond acceptors (Lipinski definition) is 5. The van der Waals surface area contributed by atoms with Gasteiger partial charge in [-0.3, -0.25) is 4.79 Å². The SMILES string of the molecule is CC(=O)Nc1cccc(Nc2nc(C)cc(NCCCc3ccccc3)n2)c1. The molecule has 3 rings (SSSR count). The van der Waals surface area contributed by atoms with Crippen LogP contribution in [-0.2, 0) is 11.2 Å². The summed E-state index contributed by atoms with van der Waals surface area (Å²) in [7, 11) is 0. The number of amides is 1. The molecule has 0 saturated carbocycles. The first-order chi connectivity index (χ1) is 13.6. The molecule has 0 fully saturated rings. The van der Waals surface area contributed by atoms with E-state index in [1.165, 1.54) is 12.5 Å². The Hall–Kier alpha value is -3.41. The summed E-state index contributed by atoms with van der Waals surface area (Å²) in [6.07, 6.45) is 2.05. The second-order valence-corrected chi connectivity index (χ2v) is 6.62. The van der Waals surface area contributed by atoms with E-state index in [4.69, 9.17) is 0 Å². The van der Waals surface area contributed by atoms with Crippen LogP contribution in [-0.4, -0.2) is 22.4 Å². The molecule has 0 unspecified atom stereocenters. The third-order valence-electron chi connectivity index (χ3n) is 4.08. The normalized spacial score (nSPS) is 10.4. The van der Waals surface area contributed by atoms with Gasteiger partial charge in [0.2, 0.25) is 11.9 Å². The largest absolute Gasteiger partial charge is 0.370 e. The summed E-state index contributed by atoms with van der Waals surface area (Å²) in [6.45, 7) is 4.26. The van der Waals surface area contributed by atoms with Crippen molar-refractivity contribution in [3.05, 3.63) is 71.9 Å². The number of rotatable bonds is 8. The van der Waals surface area contributed by atoms with Gasteiger partial charge in [-0.25, -0.2) is 4.98 Å². The molecule has 0 radical (unpaired) electrons. The Labute approximate surface area is 165 Å². The molecular formula is C22H25N5O. The van der Waals surface area contributed by atoms with Crippen LogP contribution in [0.15, 0.2) is 60.7 Å². The molecule has 2 aromatic carbocycles. The van der Waals surface area contributed by atoms with E-state index >= 15 is 0 Å². The molecule has 1 aromatic heterocycles. The molecule has 1 heterocycles. The molecule has 0 aliphatic rings. The van der Waals surface area contributed by atoms with Crippen LogP contribution in [0.25, 0.3) is 0 Å². The minimum absolute atomic E-state index is 0.106. The van der Waals surface area contributed by atoms with Gasteiger partial charge >= 0.3 is 0 Å². The average Bonchev–Trinajstić information content (AvgIpc) is 2.65. The summed E-state index contributed by atoms with van der Waals surface area (Å²) < 4.78 is 0. The molecule has 28 heavy (non-hydrogen) atoms. The maximum Gasteiger partial charge on any atom is 0.229 e. The first-order valence-electron chi connectivity index (χ1n) is 9.37. The first kappa shape index (κ1) is 19.4. The molecule has 1 amide bonds. The van der Waals surface area contributed by atoms with E-state index in [2.05, 4.69) is 50.2 Å². The van der Waals surface area contributed by atoms with Crippen molar-refractivity contribution in [3.63, 3.8) is 0 Å². The second-order valence-electron chi connectivity index (χ2n) is 6.62. The number of nitrogens with one attached hydrogen (secondary N) is 3. The van der Waals surface area contributed by atoms with Crippen LogP contribution in [0.2, 0.25) is 0 Å². The topological polar surface area (TPSA) is 78.9 Å². The van der Waals surface area contributed by atoms with E-state index in [1.807, 2.05) is 43.3 Å². The molecule has 0 atom stereocenters. The summed E-state index contributed by atoms with van der Waals surface area (Å²) in [6, 6.07) is 19.8. The van der Waals surface area contributed by atoms with Gasteiger partial charge in [0.15, 0.2) is 0 Å². The van der Waals surface area contributed by atoms with E-state index in [0.29, 0.717) is 5.95 Å². The van der Waals surface area contributed by atoms with Crippen LogP contribution < -0.4 is 16.0 Å². The molecule has 0 spiro atoms. The van der Waals surface area contributed by atoms with Crippen LogP contribution in [0.3, 0.4) is 0 Å². The maximum atomic E-state index is 11.2. The van der Waals surface area contributed by atoms with Gasteiger partial charge in [-0.2, -0.15) is 4.98 Å². The lowest BCUT2D eigenvalue weighted by Crippen LogP contribution is -2.08. The monoisotopic (exact) mass is 375 g/mol. The number of aromatic nitrogens is 2. The van der Waals surface area contributed by atoms with Gasteiger partial charge in [-0.15, -0.1) is 0 Å². The lowest BCUT2D eigenvalue weighted by Gasteiger charge is -2.11. The van der Waals surface area contributed by atoms with Crippen molar-refractivity contribution in [3.8, 4) is 0 Å². The van der Waals surface area contributed by atoms with Crippen molar-refractivity contribution in [2.24, 2.45) is 0 Å². The summed E-state index contributed by atoms with van der Waals surface area (Å²) in [5.74, 6) is 1.21. The quantitative estimate of drug-likeness (QED) is 0.504. The number of nitrogens with zero attached hydrogens (tertiary/aromatic N) is 2. The molecule has 0 aliphatic carbocycles. The minimum atomic E-state index is -0.106. The van der Waals surface area contributed by atoms with Gasteiger partial charge in [0, 0.05) is 36.6 Å². The Kier molecular flexibility index (Phi) is 6.57. The first-order valence-corrected chi connectivity index (χ1v) is 9.37. The van der Waals surface area contributed by atoms with E-state index in [1.54, 1.807) is 0 Å². The molecule has 0 aliphatic heterocycles. The van der Waals surface area contributed by atoms with E-state index in [0.717, 1.165) is 42.3 Å². The fourth-order valence-electron chi connectivity index (χ4n) is 2.88. The lowest BCUT2D eigenvalue weighted by atomic mass is 10.1. The van der Waals surface area contributed by atoms with Crippen LogP contribution in [0.5, 0.6) is 0 Å². The highest BCUT2D eigenvalue weighted by Gasteiger charge is 2.04. The van der Waals surface area contributed by atoms with E-state index in [9.17, 15) is 4.79 Å². The van der Waals surface area contributed by atoms with Crippen LogP contribution >= 0.6 is 0 Å². The fourth-order valence-corrected chi connectivity index (χ4v) is 2.88. The molecule has 0 bridgehead atoms. The van der Waals surface area contributed by atoms with E-state index < -0.39 is 0 Å². The predicted octanol–water partition coefficient (Wildman–Crippen LogP) is 4.53. The molecule has 144 valence electrons. The Morgan fingerprint density at radius 1 is 0.964 bits per heavy atom. The van der Waals surface area contributed by atoms with Crippen LogP contribution in [0.4, 0.5) is 23.1 Å². The fraction of sp³-hybridized carbons (Fsp3) is 0.227. The zero-order chi connectivity index (χ0) is 19.8. The van der Waals surface area contributed by atoms with Gasteiger partial charge in [0.05, 0.1) is 0 Å². The summed E-state index contributed by atoms with van der Waals surface area (Å²) >= 11 is 0. The number of hydrogen-bond donors (Lipinski definition) is 3. The van der Waals surface area contributed by atoms with Crippen molar-refractivity contribution in [2.45, 2.75) is 26.7 Å². The molecule has 6 nitrogen and oxygen atoms in total. The standard InChI is InChI=1S/C22H25N5O/c1-16-14-21(23-13-7-10-18-8-4-3-5-9-18)27-22(24-16)26-20-12-6-11-19(15-20)25-17(2)28/h3-6,8-9,11-12,14-15H,7,10,13H2,1-2H3,(H,25,28)(H2,23,24,26,27). The van der Waals surface area contributed by atoms with E-state index in [-0.39, 0.29) is 5.91 Å². The molecule has 3 N–H and O–H groups in total. The maximum absolute atomic E-state index is 11.2. The molecule has 0 saturated heterocycles. The van der Waals surface area contributed by atoms with Crippen molar-refractivity contribution in [2.75, 3.05) is 22.5 Å². The highest BCUT2D eigenvalue weighted by atomic mass is 16.1. The number of aryl methyl sites for hydroxylation is 2. The van der Waals surface area contributed by atoms with Crippen molar-refractivity contribution in [1.82, 2.24) is 9.97 Å². The third kappa shape index (κ3) is 6.09. The van der Waals surface area contributed by atoms with Crippen molar-refractivity contribution >= 4 is 29.0 Å². The highest BCUT2D eigenvalue weighted by Crippen LogP contribution is 2.19. The number of benzene rings is 2. The van der Waals surface area contributed by atoms with Crippen molar-refractivity contribution in [1.29, 1.82) is 0 Å². The summed E-state index contributed by atoms with van der Waals surface area (Å²) in [4.78, 5) is 20.2. The van der Waals surface area contributed by atoms with Crippen LogP contribution in [0, 0.1) is 6.92 Å². The van der Waals surface area contributed by atoms with Gasteiger partial charge in [0.1, 0.15) is 5.82 Å². The van der Waals surface area contributed by atoms with Gasteiger partial charge in [-0.05, 0) is 43.5 Å². The third-order valence-corrected chi connectivity index (χ3v) is 4.08. The minimum Gasteiger partial charge on any atom is -0.370 e. The van der Waals surface area contributed by atoms with Gasteiger partial charge in [0.25, 0.3) is 0 Å². The molecular weight excluding hydrogens is 350 g/mol. The number of carbonyl (C=O) groups excluding carboxylic acids is 1. The van der Waals surface area contributed by atoms with Gasteiger partial charge < -0.3 is 16.0 Å². The van der Waals surface area contributed by atoms with Crippen LogP contribution in [0.1, 0.15) is 24.6 Å². The molecule has 3 aromatic rings. The Morgan fingerprint density at radius 2 is 1.75 bits per heavy atom. The summed E-state index contributed by atoms with van der Waals surface area (Å²) in [5, 5.41) is 9.34. The average molecular weight is 375 g/mol. The second kappa shape index (κ2) is 9.50.